The van der Waals surface area contributed by atoms with Gasteiger partial charge >= 0.3 is 0 Å². The van der Waals surface area contributed by atoms with Gasteiger partial charge in [-0.2, -0.15) is 5.10 Å². The molecule has 1 amide bonds. The molecule has 0 aliphatic heterocycles. The maximum Gasteiger partial charge on any atom is 0.271 e. The number of benzene rings is 3. The molecule has 3 aromatic rings. The highest BCUT2D eigenvalue weighted by Crippen LogP contribution is 2.34. The van der Waals surface area contributed by atoms with Crippen molar-refractivity contribution in [3.63, 3.8) is 0 Å². The summed E-state index contributed by atoms with van der Waals surface area (Å²) in [4.78, 5) is 12.6. The molecule has 0 heterocycles. The number of rotatable bonds is 12. The third-order valence-electron chi connectivity index (χ3n) is 4.82. The number of nitrogens with zero attached hydrogens (tertiary/aromatic N) is 1. The number of amides is 1. The molecule has 3 aromatic carbocycles. The van der Waals surface area contributed by atoms with E-state index in [9.17, 15) is 4.79 Å². The number of carbonyl (C=O) groups is 1. The molecule has 0 radical (unpaired) electrons. The summed E-state index contributed by atoms with van der Waals surface area (Å²) < 4.78 is 23.7. The molecule has 0 saturated heterocycles. The van der Waals surface area contributed by atoms with E-state index in [4.69, 9.17) is 18.9 Å². The van der Waals surface area contributed by atoms with Crippen molar-refractivity contribution in [2.75, 3.05) is 20.3 Å². The van der Waals surface area contributed by atoms with Crippen LogP contribution in [0.25, 0.3) is 0 Å². The third-order valence-corrected chi connectivity index (χ3v) is 5.63. The second kappa shape index (κ2) is 13.6. The molecule has 7 nitrogen and oxygen atoms in total. The first-order chi connectivity index (χ1) is 17.0. The van der Waals surface area contributed by atoms with Gasteiger partial charge in [0, 0.05) is 5.56 Å². The molecule has 1 N–H and O–H groups in total. The summed E-state index contributed by atoms with van der Waals surface area (Å²) >= 11 is 2.20. The molecule has 184 valence electrons. The van der Waals surface area contributed by atoms with Gasteiger partial charge in [-0.1, -0.05) is 37.3 Å². The molecule has 0 aliphatic rings. The zero-order valence-corrected chi connectivity index (χ0v) is 22.2. The van der Waals surface area contributed by atoms with Gasteiger partial charge in [-0.3, -0.25) is 4.79 Å². The normalized spacial score (nSPS) is 10.7. The Kier molecular flexibility index (Phi) is 10.2. The van der Waals surface area contributed by atoms with Crippen molar-refractivity contribution in [2.45, 2.75) is 26.9 Å². The molecule has 0 atom stereocenters. The van der Waals surface area contributed by atoms with E-state index in [0.29, 0.717) is 48.4 Å². The highest BCUT2D eigenvalue weighted by molar-refractivity contribution is 14.1. The molecule has 0 aromatic heterocycles. The Morgan fingerprint density at radius 2 is 1.77 bits per heavy atom. The first kappa shape index (κ1) is 26.3. The minimum atomic E-state index is -0.353. The lowest BCUT2D eigenvalue weighted by Gasteiger charge is -2.13. The zero-order chi connectivity index (χ0) is 25.0. The summed E-state index contributed by atoms with van der Waals surface area (Å²) in [5, 5.41) is 4.11. The van der Waals surface area contributed by atoms with Crippen molar-refractivity contribution in [2.24, 2.45) is 5.10 Å². The molecule has 0 fully saturated rings. The van der Waals surface area contributed by atoms with E-state index >= 15 is 0 Å². The van der Waals surface area contributed by atoms with Gasteiger partial charge in [-0.15, -0.1) is 0 Å². The molecule has 0 spiro atoms. The fraction of sp³-hybridized carbons (Fsp3) is 0.259. The minimum absolute atomic E-state index is 0.353. The van der Waals surface area contributed by atoms with Crippen molar-refractivity contribution < 1.29 is 23.7 Å². The second-order valence-corrected chi connectivity index (χ2v) is 8.61. The monoisotopic (exact) mass is 588 g/mol. The highest BCUT2D eigenvalue weighted by Gasteiger charge is 2.13. The predicted octanol–water partition coefficient (Wildman–Crippen LogP) is 5.83. The Morgan fingerprint density at radius 3 is 2.49 bits per heavy atom. The number of hydrazone groups is 1. The standard InChI is InChI=1S/C27H29IN2O5/c1-4-13-34-23-12-11-21(16-24(23)33-5-2)27(31)30-29-17-20-14-22(28)26(25(15-20)32-3)35-18-19-9-7-6-8-10-19/h6-12,14-17H,4-5,13,18H2,1-3H3,(H,30,31)/b29-17+. The van der Waals surface area contributed by atoms with Gasteiger partial charge in [-0.25, -0.2) is 5.43 Å². The zero-order valence-electron chi connectivity index (χ0n) is 20.0. The first-order valence-electron chi connectivity index (χ1n) is 11.3. The van der Waals surface area contributed by atoms with E-state index in [-0.39, 0.29) is 5.91 Å². The fourth-order valence-corrected chi connectivity index (χ4v) is 3.94. The van der Waals surface area contributed by atoms with Crippen LogP contribution in [-0.4, -0.2) is 32.4 Å². The van der Waals surface area contributed by atoms with E-state index in [1.807, 2.05) is 56.3 Å². The van der Waals surface area contributed by atoms with Crippen molar-refractivity contribution in [3.05, 3.63) is 80.9 Å². The van der Waals surface area contributed by atoms with Gasteiger partial charge in [0.05, 0.1) is 30.1 Å². The fourth-order valence-electron chi connectivity index (χ4n) is 3.16. The maximum atomic E-state index is 12.6. The Hall–Kier alpha value is -3.27. The van der Waals surface area contributed by atoms with Crippen LogP contribution in [0, 0.1) is 3.57 Å². The lowest BCUT2D eigenvalue weighted by molar-refractivity contribution is 0.0954. The van der Waals surface area contributed by atoms with Crippen LogP contribution in [0.15, 0.2) is 65.8 Å². The lowest BCUT2D eigenvalue weighted by Crippen LogP contribution is -2.17. The molecule has 0 saturated carbocycles. The number of ether oxygens (including phenoxy) is 4. The van der Waals surface area contributed by atoms with Gasteiger partial charge in [0.2, 0.25) is 0 Å². The van der Waals surface area contributed by atoms with Crippen molar-refractivity contribution in [1.29, 1.82) is 0 Å². The highest BCUT2D eigenvalue weighted by atomic mass is 127. The molecule has 3 rings (SSSR count). The summed E-state index contributed by atoms with van der Waals surface area (Å²) in [5.74, 6) is 2.04. The van der Waals surface area contributed by atoms with Crippen LogP contribution in [0.5, 0.6) is 23.0 Å². The SMILES string of the molecule is CCCOc1ccc(C(=O)N/N=C/c2cc(I)c(OCc3ccccc3)c(OC)c2)cc1OCC. The van der Waals surface area contributed by atoms with Crippen LogP contribution in [-0.2, 0) is 6.61 Å². The van der Waals surface area contributed by atoms with E-state index in [0.717, 1.165) is 21.1 Å². The Balaban J connectivity index is 1.67. The van der Waals surface area contributed by atoms with Gasteiger partial charge in [0.25, 0.3) is 5.91 Å². The van der Waals surface area contributed by atoms with Crippen LogP contribution in [0.2, 0.25) is 0 Å². The Bertz CT molecular complexity index is 1150. The van der Waals surface area contributed by atoms with Gasteiger partial charge < -0.3 is 18.9 Å². The summed E-state index contributed by atoms with van der Waals surface area (Å²) in [6, 6.07) is 18.7. The van der Waals surface area contributed by atoms with E-state index in [1.165, 1.54) is 0 Å². The Labute approximate surface area is 219 Å². The van der Waals surface area contributed by atoms with Crippen LogP contribution in [0.1, 0.15) is 41.8 Å². The smallest absolute Gasteiger partial charge is 0.271 e. The molecule has 35 heavy (non-hydrogen) atoms. The van der Waals surface area contributed by atoms with Crippen molar-refractivity contribution >= 4 is 34.7 Å². The summed E-state index contributed by atoms with van der Waals surface area (Å²) in [6.45, 7) is 5.39. The van der Waals surface area contributed by atoms with Gasteiger partial charge in [-0.05, 0) is 77.4 Å². The largest absolute Gasteiger partial charge is 0.493 e. The van der Waals surface area contributed by atoms with E-state index in [1.54, 1.807) is 31.5 Å². The van der Waals surface area contributed by atoms with Crippen LogP contribution in [0.3, 0.4) is 0 Å². The molecular formula is C27H29IN2O5. The maximum absolute atomic E-state index is 12.6. The topological polar surface area (TPSA) is 78.4 Å². The number of hydrogen-bond donors (Lipinski definition) is 1. The van der Waals surface area contributed by atoms with E-state index < -0.39 is 0 Å². The number of carbonyl (C=O) groups excluding carboxylic acids is 1. The number of halogens is 1. The average Bonchev–Trinajstić information content (AvgIpc) is 2.87. The van der Waals surface area contributed by atoms with E-state index in [2.05, 4.69) is 33.1 Å². The van der Waals surface area contributed by atoms with Gasteiger partial charge in [0.15, 0.2) is 23.0 Å². The number of methoxy groups -OCH3 is 1. The minimum Gasteiger partial charge on any atom is -0.493 e. The van der Waals surface area contributed by atoms with Crippen molar-refractivity contribution in [1.82, 2.24) is 5.43 Å². The van der Waals surface area contributed by atoms with Crippen LogP contribution < -0.4 is 24.4 Å². The third kappa shape index (κ3) is 7.61. The average molecular weight is 588 g/mol. The summed E-state index contributed by atoms with van der Waals surface area (Å²) in [6.07, 6.45) is 2.44. The molecule has 8 heteroatoms. The second-order valence-electron chi connectivity index (χ2n) is 7.45. The molecule has 0 unspecified atom stereocenters. The quantitative estimate of drug-likeness (QED) is 0.164. The lowest BCUT2D eigenvalue weighted by atomic mass is 10.2. The Morgan fingerprint density at radius 1 is 0.971 bits per heavy atom. The number of nitrogens with one attached hydrogen (secondary N) is 1. The number of hydrogen-bond acceptors (Lipinski definition) is 6. The predicted molar refractivity (Wildman–Crippen MR) is 145 cm³/mol. The van der Waals surface area contributed by atoms with Crippen LogP contribution in [0.4, 0.5) is 0 Å². The van der Waals surface area contributed by atoms with Gasteiger partial charge in [0.1, 0.15) is 6.61 Å². The summed E-state index contributed by atoms with van der Waals surface area (Å²) in [5.41, 5.74) is 4.81. The molecule has 0 aliphatic carbocycles. The van der Waals surface area contributed by atoms with Crippen LogP contribution >= 0.6 is 22.6 Å². The summed E-state index contributed by atoms with van der Waals surface area (Å²) in [7, 11) is 1.59. The first-order valence-corrected chi connectivity index (χ1v) is 12.4. The molecular weight excluding hydrogens is 559 g/mol. The van der Waals surface area contributed by atoms with Crippen molar-refractivity contribution in [3.8, 4) is 23.0 Å². The molecule has 0 bridgehead atoms.